The van der Waals surface area contributed by atoms with Crippen LogP contribution in [0.5, 0.6) is 11.5 Å². The van der Waals surface area contributed by atoms with Crippen LogP contribution in [0.4, 0.5) is 34.6 Å². The molecule has 2 aliphatic carbocycles. The Bertz CT molecular complexity index is 2390. The molecule has 0 bridgehead atoms. The molecule has 0 aromatic heterocycles. The lowest BCUT2D eigenvalue weighted by molar-refractivity contribution is -0.274. The molecule has 6 unspecified atom stereocenters. The van der Waals surface area contributed by atoms with Crippen molar-refractivity contribution in [2.45, 2.75) is 30.5 Å². The molecule has 4 fully saturated rings. The third-order valence-electron chi connectivity index (χ3n) is 12.3. The molecule has 9 rings (SSSR count). The summed E-state index contributed by atoms with van der Waals surface area (Å²) >= 11 is 6.32. The van der Waals surface area contributed by atoms with Gasteiger partial charge in [-0.1, -0.05) is 35.4 Å². The van der Waals surface area contributed by atoms with Crippen molar-refractivity contribution in [3.05, 3.63) is 125 Å². The van der Waals surface area contributed by atoms with Crippen molar-refractivity contribution < 1.29 is 51.3 Å². The van der Waals surface area contributed by atoms with Crippen LogP contribution in [0.25, 0.3) is 0 Å². The Kier molecular flexibility index (Phi) is 9.42. The van der Waals surface area contributed by atoms with Crippen molar-refractivity contribution >= 4 is 52.3 Å². The number of halogens is 5. The molecular formula is C43H35ClF4N4O7. The van der Waals surface area contributed by atoms with E-state index >= 15 is 4.79 Å². The van der Waals surface area contributed by atoms with Gasteiger partial charge in [0, 0.05) is 35.3 Å². The number of carbonyl (C=O) groups is 4. The van der Waals surface area contributed by atoms with E-state index < -0.39 is 82.3 Å². The van der Waals surface area contributed by atoms with E-state index in [1.165, 1.54) is 24.3 Å². The Morgan fingerprint density at radius 1 is 0.831 bits per heavy atom. The van der Waals surface area contributed by atoms with Crippen LogP contribution in [0, 0.1) is 29.5 Å². The van der Waals surface area contributed by atoms with Crippen molar-refractivity contribution in [2.75, 3.05) is 41.5 Å². The number of hydrogen-bond acceptors (Lipinski definition) is 9. The van der Waals surface area contributed by atoms with E-state index in [9.17, 15) is 37.1 Å². The highest BCUT2D eigenvalue weighted by Gasteiger charge is 2.70. The monoisotopic (exact) mass is 830 g/mol. The minimum atomic E-state index is -5.12. The number of ether oxygens (including phenoxy) is 2. The van der Waals surface area contributed by atoms with E-state index in [0.717, 1.165) is 45.9 Å². The molecule has 4 aromatic rings. The highest BCUT2D eigenvalue weighted by molar-refractivity contribution is 6.30. The van der Waals surface area contributed by atoms with Gasteiger partial charge in [0.1, 0.15) is 17.3 Å². The largest absolute Gasteiger partial charge is 0.573 e. The average Bonchev–Trinajstić information content (AvgIpc) is 3.60. The molecule has 3 heterocycles. The zero-order valence-corrected chi connectivity index (χ0v) is 31.8. The average molecular weight is 831 g/mol. The number of hydrazine groups is 1. The van der Waals surface area contributed by atoms with Gasteiger partial charge in [-0.15, -0.1) is 13.2 Å². The topological polar surface area (TPSA) is 129 Å². The Morgan fingerprint density at radius 3 is 2.19 bits per heavy atom. The number of rotatable bonds is 7. The molecule has 4 aromatic carbocycles. The first-order valence-electron chi connectivity index (χ1n) is 19.0. The zero-order chi connectivity index (χ0) is 41.4. The lowest BCUT2D eigenvalue weighted by atomic mass is 9.49. The molecule has 2 N–H and O–H groups in total. The number of phenols is 1. The first kappa shape index (κ1) is 38.6. The number of carbonyl (C=O) groups excluding carboxylic acids is 4. The lowest BCUT2D eigenvalue weighted by Gasteiger charge is -2.50. The highest BCUT2D eigenvalue weighted by atomic mass is 35.5. The normalized spacial score (nSPS) is 26.7. The summed E-state index contributed by atoms with van der Waals surface area (Å²) in [5.74, 6) is -9.72. The van der Waals surface area contributed by atoms with Crippen molar-refractivity contribution in [1.82, 2.24) is 5.01 Å². The number of anilines is 3. The molecule has 0 spiro atoms. The number of allylic oxidation sites excluding steroid dienone is 2. The predicted molar refractivity (Wildman–Crippen MR) is 206 cm³/mol. The van der Waals surface area contributed by atoms with Crippen LogP contribution in [-0.4, -0.2) is 66.4 Å². The second kappa shape index (κ2) is 14.4. The fraction of sp³-hybridized carbons (Fsp3) is 0.302. The van der Waals surface area contributed by atoms with Gasteiger partial charge in [0.2, 0.25) is 11.8 Å². The van der Waals surface area contributed by atoms with E-state index in [1.807, 2.05) is 12.1 Å². The predicted octanol–water partition coefficient (Wildman–Crippen LogP) is 7.11. The summed E-state index contributed by atoms with van der Waals surface area (Å²) in [6.45, 7) is 2.50. The summed E-state index contributed by atoms with van der Waals surface area (Å²) < 4.78 is 64.7. The van der Waals surface area contributed by atoms with Crippen LogP contribution in [0.3, 0.4) is 0 Å². The minimum absolute atomic E-state index is 0.0283. The molecular weight excluding hydrogens is 796 g/mol. The number of amides is 4. The Morgan fingerprint density at radius 2 is 1.51 bits per heavy atom. The van der Waals surface area contributed by atoms with Gasteiger partial charge in [0.05, 0.1) is 47.8 Å². The Labute approximate surface area is 339 Å². The smallest absolute Gasteiger partial charge is 0.508 e. The number of benzene rings is 4. The first-order valence-corrected chi connectivity index (χ1v) is 19.4. The van der Waals surface area contributed by atoms with E-state index in [2.05, 4.69) is 15.1 Å². The summed E-state index contributed by atoms with van der Waals surface area (Å²) in [7, 11) is 0. The SMILES string of the molecule is O=C1C2CC3C(=CCC4C(=O)N(c5ccc(N6CCOCC6)cc5)C(=O)C43)C(c3cc(OC(F)(F)F)ccc3O)C2(c2ccc(Cl)cc2)C(=O)N1Nc1ccc(F)cc1. The number of imide groups is 2. The van der Waals surface area contributed by atoms with Gasteiger partial charge >= 0.3 is 6.36 Å². The van der Waals surface area contributed by atoms with Gasteiger partial charge in [-0.3, -0.25) is 29.5 Å². The minimum Gasteiger partial charge on any atom is -0.508 e. The second-order valence-electron chi connectivity index (χ2n) is 15.3. The Balaban J connectivity index is 1.19. The highest BCUT2D eigenvalue weighted by Crippen LogP contribution is 2.65. The number of hydrogen-bond donors (Lipinski definition) is 2. The molecule has 3 saturated heterocycles. The van der Waals surface area contributed by atoms with Crippen molar-refractivity contribution in [2.24, 2.45) is 23.7 Å². The third kappa shape index (κ3) is 6.38. The third-order valence-corrected chi connectivity index (χ3v) is 12.5. The molecule has 59 heavy (non-hydrogen) atoms. The van der Waals surface area contributed by atoms with Gasteiger partial charge < -0.3 is 19.5 Å². The number of morpholine rings is 1. The van der Waals surface area contributed by atoms with Gasteiger partial charge in [-0.25, -0.2) is 4.39 Å². The maximum atomic E-state index is 15.3. The number of alkyl halides is 3. The van der Waals surface area contributed by atoms with Gasteiger partial charge in [-0.2, -0.15) is 5.01 Å². The van der Waals surface area contributed by atoms with Crippen molar-refractivity contribution in [3.63, 3.8) is 0 Å². The molecule has 6 atom stereocenters. The van der Waals surface area contributed by atoms with E-state index in [0.29, 0.717) is 42.6 Å². The van der Waals surface area contributed by atoms with Crippen molar-refractivity contribution in [3.8, 4) is 11.5 Å². The maximum Gasteiger partial charge on any atom is 0.573 e. The fourth-order valence-corrected chi connectivity index (χ4v) is 9.98. The van der Waals surface area contributed by atoms with Gasteiger partial charge in [0.25, 0.3) is 11.8 Å². The number of aromatic hydroxyl groups is 1. The van der Waals surface area contributed by atoms with Gasteiger partial charge in [-0.05, 0) is 103 Å². The number of phenolic OH excluding ortho intramolecular Hbond substituents is 1. The molecule has 5 aliphatic rings. The van der Waals surface area contributed by atoms with Crippen LogP contribution in [0.2, 0.25) is 5.02 Å². The summed E-state index contributed by atoms with van der Waals surface area (Å²) in [6.07, 6.45) is -3.50. The summed E-state index contributed by atoms with van der Waals surface area (Å²) in [5.41, 5.74) is 2.78. The molecule has 11 nitrogen and oxygen atoms in total. The number of nitrogens with zero attached hydrogens (tertiary/aromatic N) is 3. The van der Waals surface area contributed by atoms with Crippen molar-refractivity contribution in [1.29, 1.82) is 0 Å². The molecule has 16 heteroatoms. The van der Waals surface area contributed by atoms with Gasteiger partial charge in [0.15, 0.2) is 0 Å². The molecule has 304 valence electrons. The molecule has 0 radical (unpaired) electrons. The summed E-state index contributed by atoms with van der Waals surface area (Å²) in [6, 6.07) is 21.0. The van der Waals surface area contributed by atoms with Crippen LogP contribution in [-0.2, 0) is 29.3 Å². The number of fused-ring (bicyclic) bond motifs is 4. The summed E-state index contributed by atoms with van der Waals surface area (Å²) in [4.78, 5) is 62.4. The fourth-order valence-electron chi connectivity index (χ4n) is 9.85. The van der Waals surface area contributed by atoms with Crippen LogP contribution in [0.15, 0.2) is 103 Å². The van der Waals surface area contributed by atoms with Crippen LogP contribution in [0.1, 0.15) is 29.9 Å². The van der Waals surface area contributed by atoms with Crippen LogP contribution < -0.4 is 20.0 Å². The molecule has 3 aliphatic heterocycles. The van der Waals surface area contributed by atoms with E-state index in [4.69, 9.17) is 16.3 Å². The molecule has 4 amide bonds. The maximum absolute atomic E-state index is 15.3. The lowest BCUT2D eigenvalue weighted by Crippen LogP contribution is -2.53. The Hall–Kier alpha value is -5.93. The first-order chi connectivity index (χ1) is 28.3. The van der Waals surface area contributed by atoms with Crippen LogP contribution >= 0.6 is 11.6 Å². The zero-order valence-electron chi connectivity index (χ0n) is 31.0. The molecule has 1 saturated carbocycles. The number of nitrogens with one attached hydrogen (secondary N) is 1. The van der Waals surface area contributed by atoms with E-state index in [-0.39, 0.29) is 29.7 Å². The standard InChI is InChI=1S/C43H35ClF4N4O7/c44-24-3-1-23(2-4-24)42-34(39(55)52(41(42)57)49-26-7-5-25(45)6-8-26)22-32-30(37(42)33-21-29(13-16-35(33)53)59-43(46,47)48)14-15-31-36(32)40(56)51(38(31)54)28-11-9-27(10-12-28)50-17-19-58-20-18-50/h1-14,16,21,31-32,34,36-37,49,53H,15,17-20,22H2. The van der Waals surface area contributed by atoms with E-state index in [1.54, 1.807) is 30.3 Å². The quantitative estimate of drug-likeness (QED) is 0.114. The second-order valence-corrected chi connectivity index (χ2v) is 15.7. The summed E-state index contributed by atoms with van der Waals surface area (Å²) in [5, 5.41) is 12.7.